The summed E-state index contributed by atoms with van der Waals surface area (Å²) in [5.41, 5.74) is 0.925. The molecule has 0 aromatic heterocycles. The fourth-order valence-corrected chi connectivity index (χ4v) is 2.52. The minimum Gasteiger partial charge on any atom is -0.494 e. The standard InChI is InChI=1S/C14H20FNO2/c1-18-14-6-5-11(8-13(14)15)9-16-7-3-2-4-12(16)10-17/h5-6,8,12,17H,2-4,7,9-10H2,1H3. The van der Waals surface area contributed by atoms with Crippen LogP contribution in [0.5, 0.6) is 5.75 Å². The molecule has 1 aromatic rings. The molecule has 1 aliphatic heterocycles. The Kier molecular flexibility index (Phi) is 4.55. The molecule has 0 spiro atoms. The summed E-state index contributed by atoms with van der Waals surface area (Å²) in [5, 5.41) is 9.34. The number of methoxy groups -OCH3 is 1. The molecule has 1 unspecified atom stereocenters. The molecule has 1 aromatic carbocycles. The molecule has 1 saturated heterocycles. The van der Waals surface area contributed by atoms with Crippen molar-refractivity contribution in [2.24, 2.45) is 0 Å². The summed E-state index contributed by atoms with van der Waals surface area (Å²) in [4.78, 5) is 2.23. The SMILES string of the molecule is COc1ccc(CN2CCCCC2CO)cc1F. The largest absolute Gasteiger partial charge is 0.494 e. The van der Waals surface area contributed by atoms with Gasteiger partial charge in [0.05, 0.1) is 13.7 Å². The summed E-state index contributed by atoms with van der Waals surface area (Å²) in [7, 11) is 1.46. The molecule has 4 heteroatoms. The van der Waals surface area contributed by atoms with Gasteiger partial charge in [-0.2, -0.15) is 0 Å². The van der Waals surface area contributed by atoms with Crippen molar-refractivity contribution in [2.45, 2.75) is 31.8 Å². The summed E-state index contributed by atoms with van der Waals surface area (Å²) in [6.07, 6.45) is 3.34. The van der Waals surface area contributed by atoms with E-state index in [-0.39, 0.29) is 24.2 Å². The van der Waals surface area contributed by atoms with E-state index in [1.165, 1.54) is 19.6 Å². The highest BCUT2D eigenvalue weighted by atomic mass is 19.1. The van der Waals surface area contributed by atoms with Gasteiger partial charge in [-0.25, -0.2) is 4.39 Å². The Hall–Kier alpha value is -1.13. The molecule has 0 radical (unpaired) electrons. The Balaban J connectivity index is 2.05. The molecule has 1 fully saturated rings. The van der Waals surface area contributed by atoms with Crippen LogP contribution in [0.1, 0.15) is 24.8 Å². The zero-order valence-corrected chi connectivity index (χ0v) is 10.7. The fourth-order valence-electron chi connectivity index (χ4n) is 2.52. The van der Waals surface area contributed by atoms with Crippen molar-refractivity contribution in [3.63, 3.8) is 0 Å². The first kappa shape index (κ1) is 13.3. The normalized spacial score (nSPS) is 20.9. The van der Waals surface area contributed by atoms with Crippen LogP contribution < -0.4 is 4.74 Å². The Labute approximate surface area is 107 Å². The van der Waals surface area contributed by atoms with E-state index in [4.69, 9.17) is 4.74 Å². The quantitative estimate of drug-likeness (QED) is 0.892. The van der Waals surface area contributed by atoms with Crippen molar-refractivity contribution in [3.05, 3.63) is 29.6 Å². The third-order valence-electron chi connectivity index (χ3n) is 3.56. The smallest absolute Gasteiger partial charge is 0.165 e. The van der Waals surface area contributed by atoms with Gasteiger partial charge in [0.15, 0.2) is 11.6 Å². The van der Waals surface area contributed by atoms with Crippen molar-refractivity contribution < 1.29 is 14.2 Å². The summed E-state index contributed by atoms with van der Waals surface area (Å²) in [5.74, 6) is -0.0522. The van der Waals surface area contributed by atoms with E-state index in [0.29, 0.717) is 6.54 Å². The zero-order valence-electron chi connectivity index (χ0n) is 10.7. The van der Waals surface area contributed by atoms with Gasteiger partial charge < -0.3 is 9.84 Å². The Bertz CT molecular complexity index is 397. The van der Waals surface area contributed by atoms with Gasteiger partial charge in [-0.05, 0) is 37.1 Å². The first-order chi connectivity index (χ1) is 8.74. The summed E-state index contributed by atoms with van der Waals surface area (Å²) in [6.45, 7) is 1.84. The summed E-state index contributed by atoms with van der Waals surface area (Å²) in [6, 6.07) is 5.26. The van der Waals surface area contributed by atoms with Crippen molar-refractivity contribution in [1.29, 1.82) is 0 Å². The molecular formula is C14H20FNO2. The molecule has 3 nitrogen and oxygen atoms in total. The maximum Gasteiger partial charge on any atom is 0.165 e. The second-order valence-electron chi connectivity index (χ2n) is 4.77. The molecular weight excluding hydrogens is 233 g/mol. The predicted octanol–water partition coefficient (Wildman–Crippen LogP) is 2.18. The highest BCUT2D eigenvalue weighted by Gasteiger charge is 2.21. The first-order valence-corrected chi connectivity index (χ1v) is 6.42. The molecule has 1 atom stereocenters. The number of piperidine rings is 1. The Morgan fingerprint density at radius 2 is 2.28 bits per heavy atom. The number of nitrogens with zero attached hydrogens (tertiary/aromatic N) is 1. The van der Waals surface area contributed by atoms with Crippen LogP contribution in [0.15, 0.2) is 18.2 Å². The van der Waals surface area contributed by atoms with Gasteiger partial charge in [0, 0.05) is 12.6 Å². The van der Waals surface area contributed by atoms with E-state index in [0.717, 1.165) is 24.9 Å². The van der Waals surface area contributed by atoms with Crippen molar-refractivity contribution >= 4 is 0 Å². The summed E-state index contributed by atoms with van der Waals surface area (Å²) < 4.78 is 18.5. The molecule has 100 valence electrons. The van der Waals surface area contributed by atoms with Crippen LogP contribution in [0.3, 0.4) is 0 Å². The minimum absolute atomic E-state index is 0.179. The Morgan fingerprint density at radius 1 is 1.44 bits per heavy atom. The van der Waals surface area contributed by atoms with Gasteiger partial charge in [0.25, 0.3) is 0 Å². The van der Waals surface area contributed by atoms with E-state index in [1.807, 2.05) is 6.07 Å². The van der Waals surface area contributed by atoms with Crippen LogP contribution in [0, 0.1) is 5.82 Å². The molecule has 1 heterocycles. The first-order valence-electron chi connectivity index (χ1n) is 6.42. The number of ether oxygens (including phenoxy) is 1. The second-order valence-corrected chi connectivity index (χ2v) is 4.77. The molecule has 1 N–H and O–H groups in total. The molecule has 1 aliphatic rings. The van der Waals surface area contributed by atoms with Gasteiger partial charge in [-0.1, -0.05) is 12.5 Å². The third-order valence-corrected chi connectivity index (χ3v) is 3.56. The molecule has 0 bridgehead atoms. The van der Waals surface area contributed by atoms with Gasteiger partial charge in [0.1, 0.15) is 0 Å². The number of hydrogen-bond donors (Lipinski definition) is 1. The van der Waals surface area contributed by atoms with Crippen molar-refractivity contribution in [3.8, 4) is 5.75 Å². The lowest BCUT2D eigenvalue weighted by atomic mass is 10.0. The van der Waals surface area contributed by atoms with E-state index in [1.54, 1.807) is 6.07 Å². The van der Waals surface area contributed by atoms with Crippen LogP contribution in [-0.4, -0.2) is 36.3 Å². The number of rotatable bonds is 4. The van der Waals surface area contributed by atoms with Crippen LogP contribution in [-0.2, 0) is 6.54 Å². The van der Waals surface area contributed by atoms with Gasteiger partial charge in [-0.3, -0.25) is 4.90 Å². The second kappa shape index (κ2) is 6.16. The third kappa shape index (κ3) is 3.00. The predicted molar refractivity (Wildman–Crippen MR) is 68.1 cm³/mol. The Morgan fingerprint density at radius 3 is 2.94 bits per heavy atom. The number of aliphatic hydroxyl groups is 1. The molecule has 0 amide bonds. The van der Waals surface area contributed by atoms with Crippen LogP contribution in [0.2, 0.25) is 0 Å². The number of hydrogen-bond acceptors (Lipinski definition) is 3. The minimum atomic E-state index is -0.326. The molecule has 2 rings (SSSR count). The maximum atomic E-state index is 13.6. The highest BCUT2D eigenvalue weighted by Crippen LogP contribution is 2.22. The number of aliphatic hydroxyl groups excluding tert-OH is 1. The van der Waals surface area contributed by atoms with Crippen LogP contribution >= 0.6 is 0 Å². The number of halogens is 1. The lowest BCUT2D eigenvalue weighted by Crippen LogP contribution is -2.41. The topological polar surface area (TPSA) is 32.7 Å². The van der Waals surface area contributed by atoms with E-state index in [2.05, 4.69) is 4.90 Å². The monoisotopic (exact) mass is 253 g/mol. The molecule has 0 aliphatic carbocycles. The average molecular weight is 253 g/mol. The van der Waals surface area contributed by atoms with Crippen molar-refractivity contribution in [1.82, 2.24) is 4.90 Å². The fraction of sp³-hybridized carbons (Fsp3) is 0.571. The van der Waals surface area contributed by atoms with Crippen LogP contribution in [0.25, 0.3) is 0 Å². The highest BCUT2D eigenvalue weighted by molar-refractivity contribution is 5.29. The van der Waals surface area contributed by atoms with E-state index < -0.39 is 0 Å². The number of benzene rings is 1. The lowest BCUT2D eigenvalue weighted by Gasteiger charge is -2.34. The molecule has 18 heavy (non-hydrogen) atoms. The van der Waals surface area contributed by atoms with Crippen molar-refractivity contribution in [2.75, 3.05) is 20.3 Å². The average Bonchev–Trinajstić information content (AvgIpc) is 2.39. The maximum absolute atomic E-state index is 13.6. The van der Waals surface area contributed by atoms with Gasteiger partial charge in [-0.15, -0.1) is 0 Å². The summed E-state index contributed by atoms with van der Waals surface area (Å²) >= 11 is 0. The van der Waals surface area contributed by atoms with Gasteiger partial charge in [0.2, 0.25) is 0 Å². The van der Waals surface area contributed by atoms with Gasteiger partial charge >= 0.3 is 0 Å². The lowest BCUT2D eigenvalue weighted by molar-refractivity contribution is 0.0840. The van der Waals surface area contributed by atoms with E-state index >= 15 is 0 Å². The van der Waals surface area contributed by atoms with E-state index in [9.17, 15) is 9.50 Å². The molecule has 0 saturated carbocycles. The van der Waals surface area contributed by atoms with Crippen LogP contribution in [0.4, 0.5) is 4.39 Å². The number of likely N-dealkylation sites (tertiary alicyclic amines) is 1. The zero-order chi connectivity index (χ0) is 13.0.